The average Bonchev–Trinajstić information content (AvgIpc) is 3.22. The van der Waals surface area contributed by atoms with Crippen LogP contribution >= 0.6 is 11.3 Å². The summed E-state index contributed by atoms with van der Waals surface area (Å²) < 4.78 is 15.9. The molecule has 3 aromatic rings. The third kappa shape index (κ3) is 6.05. The highest BCUT2D eigenvalue weighted by Crippen LogP contribution is 2.28. The van der Waals surface area contributed by atoms with Crippen molar-refractivity contribution in [2.75, 3.05) is 19.1 Å². The minimum absolute atomic E-state index is 0.183. The Morgan fingerprint density at radius 1 is 1.20 bits per heavy atom. The van der Waals surface area contributed by atoms with Crippen molar-refractivity contribution in [1.29, 1.82) is 0 Å². The lowest BCUT2D eigenvalue weighted by Gasteiger charge is -2.12. The lowest BCUT2D eigenvalue weighted by Crippen LogP contribution is -2.18. The van der Waals surface area contributed by atoms with Crippen LogP contribution in [0.4, 0.5) is 5.13 Å². The normalized spacial score (nSPS) is 10.9. The second-order valence-corrected chi connectivity index (χ2v) is 7.37. The molecule has 0 amide bonds. The second-order valence-electron chi connectivity index (χ2n) is 6.51. The zero-order valence-corrected chi connectivity index (χ0v) is 17.8. The highest BCUT2D eigenvalue weighted by atomic mass is 32.1. The predicted molar refractivity (Wildman–Crippen MR) is 118 cm³/mol. The minimum atomic E-state index is -0.430. The topological polar surface area (TPSA) is 82.0 Å². The number of rotatable bonds is 9. The van der Waals surface area contributed by atoms with E-state index >= 15 is 0 Å². The third-order valence-corrected chi connectivity index (χ3v) is 4.59. The molecule has 1 heterocycles. The summed E-state index contributed by atoms with van der Waals surface area (Å²) >= 11 is 1.48. The fraction of sp³-hybridized carbons (Fsp3) is 0.227. The van der Waals surface area contributed by atoms with E-state index in [-0.39, 0.29) is 12.7 Å². The number of thiazole rings is 1. The van der Waals surface area contributed by atoms with Crippen LogP contribution in [0.3, 0.4) is 0 Å². The number of carbonyl (C=O) groups excluding carboxylic acids is 1. The van der Waals surface area contributed by atoms with E-state index in [1.165, 1.54) is 18.4 Å². The van der Waals surface area contributed by atoms with Gasteiger partial charge in [0.05, 0.1) is 25.1 Å². The molecule has 0 aliphatic rings. The highest BCUT2D eigenvalue weighted by molar-refractivity contribution is 7.14. The quantitative estimate of drug-likeness (QED) is 0.307. The van der Waals surface area contributed by atoms with Crippen molar-refractivity contribution in [3.05, 3.63) is 59.5 Å². The van der Waals surface area contributed by atoms with Crippen molar-refractivity contribution >= 4 is 28.7 Å². The molecule has 0 fully saturated rings. The molecule has 0 bridgehead atoms. The summed E-state index contributed by atoms with van der Waals surface area (Å²) in [7, 11) is 1.54. The van der Waals surface area contributed by atoms with Crippen LogP contribution in [-0.2, 0) is 9.53 Å². The van der Waals surface area contributed by atoms with Gasteiger partial charge in [0.25, 0.3) is 0 Å². The first-order valence-corrected chi connectivity index (χ1v) is 10.2. The molecule has 0 unspecified atom stereocenters. The molecule has 7 nitrogen and oxygen atoms in total. The molecule has 0 aliphatic carbocycles. The van der Waals surface area contributed by atoms with Gasteiger partial charge in [-0.3, -0.25) is 5.43 Å². The molecule has 0 aliphatic heterocycles. The van der Waals surface area contributed by atoms with E-state index in [0.717, 1.165) is 16.8 Å². The molecule has 8 heteroatoms. The summed E-state index contributed by atoms with van der Waals surface area (Å²) in [6.07, 6.45) is 1.47. The minimum Gasteiger partial charge on any atom is -0.493 e. The Balaban J connectivity index is 1.59. The lowest BCUT2D eigenvalue weighted by molar-refractivity contribution is -0.149. The number of aromatic nitrogens is 1. The van der Waals surface area contributed by atoms with Crippen LogP contribution in [0.25, 0.3) is 11.3 Å². The molecule has 0 saturated carbocycles. The Labute approximate surface area is 179 Å². The number of anilines is 1. The van der Waals surface area contributed by atoms with E-state index < -0.39 is 5.97 Å². The molecule has 3 rings (SSSR count). The van der Waals surface area contributed by atoms with Gasteiger partial charge in [0.1, 0.15) is 0 Å². The van der Waals surface area contributed by atoms with Gasteiger partial charge in [-0.25, -0.2) is 9.78 Å². The van der Waals surface area contributed by atoms with Crippen LogP contribution in [-0.4, -0.2) is 37.0 Å². The van der Waals surface area contributed by atoms with E-state index in [4.69, 9.17) is 14.2 Å². The monoisotopic (exact) mass is 425 g/mol. The average molecular weight is 426 g/mol. The van der Waals surface area contributed by atoms with Crippen LogP contribution in [0.15, 0.2) is 59.0 Å². The van der Waals surface area contributed by atoms with Gasteiger partial charge < -0.3 is 14.2 Å². The van der Waals surface area contributed by atoms with E-state index in [1.807, 2.05) is 41.8 Å². The Hall–Kier alpha value is -3.39. The van der Waals surface area contributed by atoms with Gasteiger partial charge in [0.2, 0.25) is 5.13 Å². The molecule has 0 saturated heterocycles. The molecule has 2 aromatic carbocycles. The Morgan fingerprint density at radius 2 is 2.00 bits per heavy atom. The molecule has 156 valence electrons. The van der Waals surface area contributed by atoms with Gasteiger partial charge in [-0.15, -0.1) is 11.3 Å². The summed E-state index contributed by atoms with van der Waals surface area (Å²) in [5, 5.41) is 6.91. The molecule has 0 atom stereocenters. The van der Waals surface area contributed by atoms with Gasteiger partial charge in [-0.1, -0.05) is 30.3 Å². The van der Waals surface area contributed by atoms with Crippen LogP contribution in [0.1, 0.15) is 19.4 Å². The third-order valence-electron chi connectivity index (χ3n) is 3.85. The number of hydrazone groups is 1. The highest BCUT2D eigenvalue weighted by Gasteiger charge is 2.10. The molecule has 0 spiro atoms. The van der Waals surface area contributed by atoms with Gasteiger partial charge >= 0.3 is 5.97 Å². The van der Waals surface area contributed by atoms with Crippen LogP contribution < -0.4 is 14.9 Å². The number of esters is 1. The molecular weight excluding hydrogens is 402 g/mol. The number of nitrogens with one attached hydrogen (secondary N) is 1. The zero-order valence-electron chi connectivity index (χ0n) is 17.0. The number of hydrogen-bond acceptors (Lipinski definition) is 8. The predicted octanol–water partition coefficient (Wildman–Crippen LogP) is 4.60. The summed E-state index contributed by atoms with van der Waals surface area (Å²) in [5.74, 6) is 0.521. The van der Waals surface area contributed by atoms with Crippen molar-refractivity contribution in [3.63, 3.8) is 0 Å². The lowest BCUT2D eigenvalue weighted by atomic mass is 10.2. The van der Waals surface area contributed by atoms with Crippen molar-refractivity contribution in [1.82, 2.24) is 4.98 Å². The van der Waals surface area contributed by atoms with Gasteiger partial charge in [-0.05, 0) is 37.6 Å². The summed E-state index contributed by atoms with van der Waals surface area (Å²) in [5.41, 5.74) is 5.70. The smallest absolute Gasteiger partial charge is 0.344 e. The van der Waals surface area contributed by atoms with Crippen LogP contribution in [0.5, 0.6) is 11.5 Å². The van der Waals surface area contributed by atoms with Gasteiger partial charge in [0, 0.05) is 10.9 Å². The standard InChI is InChI=1S/C22H23N3O4S/c1-15(2)29-21(26)13-28-19-10-9-16(11-20(19)27-3)12-23-25-22-24-18(14-30-22)17-7-5-4-6-8-17/h4-12,14-15H,13H2,1-3H3,(H,24,25). The van der Waals surface area contributed by atoms with Crippen molar-refractivity contribution in [2.24, 2.45) is 5.10 Å². The molecule has 0 radical (unpaired) electrons. The Kier molecular flexibility index (Phi) is 7.40. The van der Waals surface area contributed by atoms with Crippen molar-refractivity contribution in [3.8, 4) is 22.8 Å². The van der Waals surface area contributed by atoms with Crippen LogP contribution in [0.2, 0.25) is 0 Å². The first kappa shape index (κ1) is 21.3. The number of methoxy groups -OCH3 is 1. The maximum atomic E-state index is 11.6. The fourth-order valence-electron chi connectivity index (χ4n) is 2.55. The molecule has 1 aromatic heterocycles. The summed E-state index contributed by atoms with van der Waals surface area (Å²) in [6, 6.07) is 15.3. The second kappa shape index (κ2) is 10.4. The number of nitrogens with zero attached hydrogens (tertiary/aromatic N) is 2. The van der Waals surface area contributed by atoms with Crippen molar-refractivity contribution < 1.29 is 19.0 Å². The largest absolute Gasteiger partial charge is 0.493 e. The Morgan fingerprint density at radius 3 is 2.73 bits per heavy atom. The van der Waals surface area contributed by atoms with Crippen LogP contribution in [0, 0.1) is 0 Å². The Bertz CT molecular complexity index is 1000. The number of ether oxygens (including phenoxy) is 3. The van der Waals surface area contributed by atoms with Gasteiger partial charge in [-0.2, -0.15) is 5.10 Å². The molecule has 30 heavy (non-hydrogen) atoms. The van der Waals surface area contributed by atoms with Crippen molar-refractivity contribution in [2.45, 2.75) is 20.0 Å². The number of benzene rings is 2. The molecule has 1 N–H and O–H groups in total. The maximum Gasteiger partial charge on any atom is 0.344 e. The van der Waals surface area contributed by atoms with E-state index in [2.05, 4.69) is 15.5 Å². The zero-order chi connectivity index (χ0) is 21.3. The SMILES string of the molecule is COc1cc(C=NNc2nc(-c3ccccc3)cs2)ccc1OCC(=O)OC(C)C. The van der Waals surface area contributed by atoms with E-state index in [0.29, 0.717) is 16.6 Å². The van der Waals surface area contributed by atoms with E-state index in [1.54, 1.807) is 32.2 Å². The first-order valence-electron chi connectivity index (χ1n) is 9.35. The first-order chi connectivity index (χ1) is 14.5. The fourth-order valence-corrected chi connectivity index (χ4v) is 3.21. The number of hydrogen-bond donors (Lipinski definition) is 1. The molecular formula is C22H23N3O4S. The van der Waals surface area contributed by atoms with Gasteiger partial charge in [0.15, 0.2) is 18.1 Å². The maximum absolute atomic E-state index is 11.6. The summed E-state index contributed by atoms with van der Waals surface area (Å²) in [6.45, 7) is 3.39. The number of carbonyl (C=O) groups is 1. The summed E-state index contributed by atoms with van der Waals surface area (Å²) in [4.78, 5) is 16.2. The van der Waals surface area contributed by atoms with E-state index in [9.17, 15) is 4.79 Å².